The van der Waals surface area contributed by atoms with Crippen molar-refractivity contribution in [2.45, 2.75) is 70.9 Å². The molecule has 2 heterocycles. The van der Waals surface area contributed by atoms with Crippen LogP contribution in [-0.2, 0) is 9.47 Å². The lowest BCUT2D eigenvalue weighted by molar-refractivity contribution is -0.0946. The fraction of sp³-hybridized carbons (Fsp3) is 1.00. The standard InChI is InChI=1S/C13H25O2P/c1-8-9(2)15-11(14-8)10-12(3,4)13(5,6)16(10)7/h8-11H,1-7H3/t8-,9-,10?,16-/m0/s1. The summed E-state index contributed by atoms with van der Waals surface area (Å²) in [6, 6.07) is 0. The molecule has 2 nitrogen and oxygen atoms in total. The molecule has 0 N–H and O–H groups in total. The summed E-state index contributed by atoms with van der Waals surface area (Å²) in [5.41, 5.74) is 0.909. The van der Waals surface area contributed by atoms with E-state index in [1.807, 2.05) is 0 Å². The summed E-state index contributed by atoms with van der Waals surface area (Å²) >= 11 is 0. The number of rotatable bonds is 1. The summed E-state index contributed by atoms with van der Waals surface area (Å²) in [6.45, 7) is 16.1. The maximum absolute atomic E-state index is 5.97. The summed E-state index contributed by atoms with van der Waals surface area (Å²) in [7, 11) is -0.0115. The van der Waals surface area contributed by atoms with Crippen molar-refractivity contribution in [3.05, 3.63) is 0 Å². The van der Waals surface area contributed by atoms with Gasteiger partial charge in [0.25, 0.3) is 0 Å². The molecule has 0 amide bonds. The van der Waals surface area contributed by atoms with Gasteiger partial charge in [-0.1, -0.05) is 35.6 Å². The van der Waals surface area contributed by atoms with Gasteiger partial charge in [0.05, 0.1) is 12.2 Å². The van der Waals surface area contributed by atoms with Crippen LogP contribution in [0.5, 0.6) is 0 Å². The minimum absolute atomic E-state index is 0.0115. The van der Waals surface area contributed by atoms with Gasteiger partial charge in [0, 0.05) is 5.66 Å². The molecule has 0 aromatic heterocycles. The average Bonchev–Trinajstić information content (AvgIpc) is 2.45. The summed E-state index contributed by atoms with van der Waals surface area (Å²) in [5.74, 6) is 0. The lowest BCUT2D eigenvalue weighted by atomic mass is 9.75. The third kappa shape index (κ3) is 1.50. The third-order valence-corrected chi connectivity index (χ3v) is 9.29. The molecule has 2 aliphatic rings. The molecule has 0 radical (unpaired) electrons. The smallest absolute Gasteiger partial charge is 0.165 e. The quantitative estimate of drug-likeness (QED) is 0.658. The third-order valence-electron chi connectivity index (χ3n) is 5.23. The predicted octanol–water partition coefficient (Wildman–Crippen LogP) is 3.44. The van der Waals surface area contributed by atoms with Gasteiger partial charge in [-0.15, -0.1) is 0 Å². The molecule has 94 valence electrons. The molecule has 2 rings (SSSR count). The van der Waals surface area contributed by atoms with E-state index in [1.54, 1.807) is 0 Å². The highest BCUT2D eigenvalue weighted by Gasteiger charge is 2.63. The molecule has 16 heavy (non-hydrogen) atoms. The Labute approximate surface area is 101 Å². The second-order valence-electron chi connectivity index (χ2n) is 6.39. The van der Waals surface area contributed by atoms with Crippen LogP contribution < -0.4 is 0 Å². The van der Waals surface area contributed by atoms with E-state index in [4.69, 9.17) is 9.47 Å². The van der Waals surface area contributed by atoms with Gasteiger partial charge in [-0.05, 0) is 31.1 Å². The van der Waals surface area contributed by atoms with Crippen molar-refractivity contribution in [3.8, 4) is 0 Å². The SMILES string of the molecule is C[C@@H]1OC(C2[P@](C)C(C)(C)C2(C)C)O[C@H]1C. The highest BCUT2D eigenvalue weighted by Crippen LogP contribution is 2.75. The Bertz CT molecular complexity index is 278. The highest BCUT2D eigenvalue weighted by molar-refractivity contribution is 7.61. The first kappa shape index (κ1) is 12.8. The molecule has 3 heteroatoms. The lowest BCUT2D eigenvalue weighted by Gasteiger charge is -2.65. The number of hydrogen-bond acceptors (Lipinski definition) is 2. The van der Waals surface area contributed by atoms with Crippen molar-refractivity contribution in [1.82, 2.24) is 0 Å². The van der Waals surface area contributed by atoms with Crippen LogP contribution in [0.1, 0.15) is 41.5 Å². The van der Waals surface area contributed by atoms with Crippen molar-refractivity contribution in [2.75, 3.05) is 6.66 Å². The molecule has 2 saturated heterocycles. The molecule has 0 saturated carbocycles. The molecule has 4 atom stereocenters. The van der Waals surface area contributed by atoms with E-state index in [1.165, 1.54) is 0 Å². The second kappa shape index (κ2) is 3.67. The molecular formula is C13H25O2P. The molecule has 2 fully saturated rings. The van der Waals surface area contributed by atoms with E-state index in [0.717, 1.165) is 0 Å². The minimum atomic E-state index is -0.0115. The second-order valence-corrected chi connectivity index (χ2v) is 9.28. The van der Waals surface area contributed by atoms with Gasteiger partial charge >= 0.3 is 0 Å². The zero-order valence-electron chi connectivity index (χ0n) is 11.6. The lowest BCUT2D eigenvalue weighted by Crippen LogP contribution is -2.61. The van der Waals surface area contributed by atoms with Crippen LogP contribution in [0, 0.1) is 5.41 Å². The zero-order valence-corrected chi connectivity index (χ0v) is 12.5. The Morgan fingerprint density at radius 1 is 0.938 bits per heavy atom. The molecule has 0 spiro atoms. The van der Waals surface area contributed by atoms with Gasteiger partial charge in [-0.3, -0.25) is 0 Å². The van der Waals surface area contributed by atoms with Gasteiger partial charge in [-0.2, -0.15) is 0 Å². The molecular weight excluding hydrogens is 219 g/mol. The first-order chi connectivity index (χ1) is 7.19. The van der Waals surface area contributed by atoms with Crippen molar-refractivity contribution in [2.24, 2.45) is 5.41 Å². The van der Waals surface area contributed by atoms with Crippen LogP contribution in [0.2, 0.25) is 0 Å². The molecule has 0 bridgehead atoms. The van der Waals surface area contributed by atoms with Crippen molar-refractivity contribution in [3.63, 3.8) is 0 Å². The Morgan fingerprint density at radius 2 is 1.38 bits per heavy atom. The molecule has 1 unspecified atom stereocenters. The highest BCUT2D eigenvalue weighted by atomic mass is 31.1. The Kier molecular flexibility index (Phi) is 2.94. The Morgan fingerprint density at radius 3 is 1.75 bits per heavy atom. The first-order valence-electron chi connectivity index (χ1n) is 6.23. The van der Waals surface area contributed by atoms with Crippen LogP contribution in [0.25, 0.3) is 0 Å². The van der Waals surface area contributed by atoms with Crippen LogP contribution >= 0.6 is 7.92 Å². The van der Waals surface area contributed by atoms with Gasteiger partial charge in [0.1, 0.15) is 0 Å². The van der Waals surface area contributed by atoms with Crippen LogP contribution in [0.4, 0.5) is 0 Å². The maximum Gasteiger partial charge on any atom is 0.165 e. The van der Waals surface area contributed by atoms with E-state index in [2.05, 4.69) is 48.2 Å². The topological polar surface area (TPSA) is 18.5 Å². The van der Waals surface area contributed by atoms with Crippen LogP contribution in [-0.4, -0.2) is 36.0 Å². The number of hydrogen-bond donors (Lipinski definition) is 0. The minimum Gasteiger partial charge on any atom is -0.346 e. The molecule has 0 aromatic carbocycles. The summed E-state index contributed by atoms with van der Waals surface area (Å²) in [4.78, 5) is 0. The van der Waals surface area contributed by atoms with Crippen molar-refractivity contribution in [1.29, 1.82) is 0 Å². The van der Waals surface area contributed by atoms with Gasteiger partial charge in [0.15, 0.2) is 6.29 Å². The normalized spacial score (nSPS) is 46.7. The Balaban J connectivity index is 2.13. The monoisotopic (exact) mass is 244 g/mol. The van der Waals surface area contributed by atoms with Crippen molar-refractivity contribution >= 4 is 7.92 Å². The van der Waals surface area contributed by atoms with E-state index in [-0.39, 0.29) is 26.4 Å². The fourth-order valence-electron chi connectivity index (χ4n) is 2.93. The fourth-order valence-corrected chi connectivity index (χ4v) is 6.27. The van der Waals surface area contributed by atoms with Gasteiger partial charge in [0.2, 0.25) is 0 Å². The number of ether oxygens (including phenoxy) is 2. The predicted molar refractivity (Wildman–Crippen MR) is 69.4 cm³/mol. The van der Waals surface area contributed by atoms with E-state index in [9.17, 15) is 0 Å². The van der Waals surface area contributed by atoms with Gasteiger partial charge in [-0.25, -0.2) is 0 Å². The van der Waals surface area contributed by atoms with E-state index < -0.39 is 0 Å². The molecule has 2 aliphatic heterocycles. The first-order valence-corrected chi connectivity index (χ1v) is 8.09. The summed E-state index contributed by atoms with van der Waals surface area (Å²) < 4.78 is 11.9. The van der Waals surface area contributed by atoms with Gasteiger partial charge < -0.3 is 9.47 Å². The largest absolute Gasteiger partial charge is 0.346 e. The van der Waals surface area contributed by atoms with Crippen LogP contribution in [0.15, 0.2) is 0 Å². The van der Waals surface area contributed by atoms with E-state index >= 15 is 0 Å². The summed E-state index contributed by atoms with van der Waals surface area (Å²) in [5, 5.41) is 0.439. The average molecular weight is 244 g/mol. The maximum atomic E-state index is 5.97. The summed E-state index contributed by atoms with van der Waals surface area (Å²) in [6.07, 6.45) is 0.518. The van der Waals surface area contributed by atoms with Crippen molar-refractivity contribution < 1.29 is 9.47 Å². The van der Waals surface area contributed by atoms with Crippen LogP contribution in [0.3, 0.4) is 0 Å². The zero-order chi connectivity index (χ0) is 12.3. The van der Waals surface area contributed by atoms with E-state index in [0.29, 0.717) is 16.2 Å². The molecule has 0 aliphatic carbocycles. The molecule has 0 aromatic rings. The Hall–Kier alpha value is 0.350.